The van der Waals surface area contributed by atoms with E-state index in [1.165, 1.54) is 44.2 Å². The Bertz CT molecular complexity index is 1070. The highest BCUT2D eigenvalue weighted by molar-refractivity contribution is 7.94. The third-order valence-corrected chi connectivity index (χ3v) is 6.47. The van der Waals surface area contributed by atoms with Crippen molar-refractivity contribution in [1.29, 1.82) is 0 Å². The molecular weight excluding hydrogens is 428 g/mol. The summed E-state index contributed by atoms with van der Waals surface area (Å²) in [7, 11) is -1.92. The Labute approximate surface area is 179 Å². The molecule has 0 saturated carbocycles. The number of amides is 1. The second-order valence-electron chi connectivity index (χ2n) is 7.55. The molecule has 10 nitrogen and oxygen atoms in total. The normalized spacial score (nSPS) is 23.9. The largest absolute Gasteiger partial charge is 0.483 e. The van der Waals surface area contributed by atoms with Gasteiger partial charge in [0.15, 0.2) is 11.9 Å². The Morgan fingerprint density at radius 1 is 1.19 bits per heavy atom. The Hall–Kier alpha value is -3.34. The summed E-state index contributed by atoms with van der Waals surface area (Å²) in [6.45, 7) is 5.73. The minimum Gasteiger partial charge on any atom is -0.483 e. The van der Waals surface area contributed by atoms with E-state index in [2.05, 4.69) is 5.32 Å². The van der Waals surface area contributed by atoms with Crippen molar-refractivity contribution in [3.63, 3.8) is 0 Å². The fraction of sp³-hybridized carbons (Fsp3) is 0.350. The minimum absolute atomic E-state index is 0.0128. The SMILES string of the molecule is CC(=O)OC1C(NC(=O)c2ccc([N+](=O)[O-])cc2)C2=C(C=C(C(C)=O)S2=O)OC1(C)C. The van der Waals surface area contributed by atoms with E-state index in [0.29, 0.717) is 0 Å². The van der Waals surface area contributed by atoms with E-state index >= 15 is 0 Å². The van der Waals surface area contributed by atoms with Gasteiger partial charge in [-0.2, -0.15) is 0 Å². The summed E-state index contributed by atoms with van der Waals surface area (Å²) in [6.07, 6.45) is 0.319. The van der Waals surface area contributed by atoms with Gasteiger partial charge < -0.3 is 14.8 Å². The maximum absolute atomic E-state index is 13.0. The lowest BCUT2D eigenvalue weighted by atomic mass is 9.90. The van der Waals surface area contributed by atoms with E-state index in [1.54, 1.807) is 13.8 Å². The second kappa shape index (κ2) is 8.06. The van der Waals surface area contributed by atoms with E-state index in [4.69, 9.17) is 9.47 Å². The molecule has 0 aromatic heterocycles. The number of nitrogens with one attached hydrogen (secondary N) is 1. The molecule has 3 atom stereocenters. The van der Waals surface area contributed by atoms with Gasteiger partial charge in [-0.3, -0.25) is 24.5 Å². The van der Waals surface area contributed by atoms with E-state index < -0.39 is 51.1 Å². The van der Waals surface area contributed by atoms with E-state index in [-0.39, 0.29) is 26.8 Å². The van der Waals surface area contributed by atoms with Crippen LogP contribution in [0.2, 0.25) is 0 Å². The molecule has 2 aliphatic heterocycles. The molecule has 0 spiro atoms. The standard InChI is InChI=1S/C20H20N2O8S/c1-10(23)15-9-14-17(31(15)28)16(18(29-11(2)24)20(3,4)30-14)21-19(25)12-5-7-13(8-6-12)22(26)27/h5-9,16,18H,1-4H3,(H,21,25). The zero-order chi connectivity index (χ0) is 23.1. The summed E-state index contributed by atoms with van der Waals surface area (Å²) in [5, 5.41) is 13.5. The van der Waals surface area contributed by atoms with E-state index in [1.807, 2.05) is 0 Å². The molecule has 0 fully saturated rings. The Morgan fingerprint density at radius 2 is 1.81 bits per heavy atom. The van der Waals surface area contributed by atoms with Gasteiger partial charge in [-0.1, -0.05) is 0 Å². The molecule has 11 heteroatoms. The summed E-state index contributed by atoms with van der Waals surface area (Å²) in [4.78, 5) is 46.9. The summed E-state index contributed by atoms with van der Waals surface area (Å²) in [5.41, 5.74) is -1.19. The van der Waals surface area contributed by atoms with Crippen molar-refractivity contribution < 1.29 is 33.0 Å². The minimum atomic E-state index is -1.92. The first-order valence-corrected chi connectivity index (χ1v) is 10.4. The van der Waals surface area contributed by atoms with Gasteiger partial charge in [0.2, 0.25) is 0 Å². The Morgan fingerprint density at radius 3 is 2.32 bits per heavy atom. The number of esters is 1. The molecule has 0 bridgehead atoms. The van der Waals surface area contributed by atoms with Crippen molar-refractivity contribution in [1.82, 2.24) is 5.32 Å². The van der Waals surface area contributed by atoms with Crippen LogP contribution in [-0.2, 0) is 29.9 Å². The van der Waals surface area contributed by atoms with Crippen molar-refractivity contribution in [3.8, 4) is 0 Å². The highest BCUT2D eigenvalue weighted by atomic mass is 32.2. The van der Waals surface area contributed by atoms with Gasteiger partial charge in [-0.15, -0.1) is 0 Å². The van der Waals surface area contributed by atoms with Gasteiger partial charge in [0.25, 0.3) is 11.6 Å². The lowest BCUT2D eigenvalue weighted by Crippen LogP contribution is -2.59. The molecular formula is C20H20N2O8S. The number of nitro benzene ring substituents is 1. The Balaban J connectivity index is 2.00. The number of non-ortho nitro benzene ring substituents is 1. The predicted octanol–water partition coefficient (Wildman–Crippen LogP) is 1.88. The van der Waals surface area contributed by atoms with Crippen LogP contribution < -0.4 is 5.32 Å². The van der Waals surface area contributed by atoms with Crippen molar-refractivity contribution in [2.45, 2.75) is 45.4 Å². The molecule has 3 rings (SSSR count). The van der Waals surface area contributed by atoms with Crippen LogP contribution in [0.15, 0.2) is 45.9 Å². The van der Waals surface area contributed by atoms with Crippen LogP contribution in [0.5, 0.6) is 0 Å². The van der Waals surface area contributed by atoms with Crippen LogP contribution in [0.4, 0.5) is 5.69 Å². The first-order chi connectivity index (χ1) is 14.4. The zero-order valence-electron chi connectivity index (χ0n) is 17.2. The van der Waals surface area contributed by atoms with E-state index in [9.17, 15) is 28.7 Å². The van der Waals surface area contributed by atoms with Crippen LogP contribution in [0.1, 0.15) is 38.1 Å². The van der Waals surface area contributed by atoms with Crippen LogP contribution in [0, 0.1) is 10.1 Å². The molecule has 2 aliphatic rings. The molecule has 2 heterocycles. The molecule has 31 heavy (non-hydrogen) atoms. The molecule has 1 amide bonds. The second-order valence-corrected chi connectivity index (χ2v) is 8.97. The fourth-order valence-electron chi connectivity index (χ4n) is 3.40. The van der Waals surface area contributed by atoms with Gasteiger partial charge in [0.1, 0.15) is 17.4 Å². The predicted molar refractivity (Wildman–Crippen MR) is 109 cm³/mol. The number of ether oxygens (including phenoxy) is 2. The van der Waals surface area contributed by atoms with Gasteiger partial charge in [-0.05, 0) is 32.9 Å². The third-order valence-electron chi connectivity index (χ3n) is 4.81. The number of benzene rings is 1. The van der Waals surface area contributed by atoms with Gasteiger partial charge in [0, 0.05) is 30.7 Å². The number of hydrogen-bond acceptors (Lipinski definition) is 8. The molecule has 1 N–H and O–H groups in total. The number of hydrogen-bond donors (Lipinski definition) is 1. The van der Waals surface area contributed by atoms with Crippen molar-refractivity contribution >= 4 is 34.1 Å². The smallest absolute Gasteiger partial charge is 0.303 e. The maximum Gasteiger partial charge on any atom is 0.303 e. The first-order valence-electron chi connectivity index (χ1n) is 9.22. The van der Waals surface area contributed by atoms with Gasteiger partial charge in [-0.25, -0.2) is 4.21 Å². The summed E-state index contributed by atoms with van der Waals surface area (Å²) >= 11 is 0. The maximum atomic E-state index is 13.0. The molecule has 0 saturated heterocycles. The first kappa shape index (κ1) is 22.3. The highest BCUT2D eigenvalue weighted by Gasteiger charge is 2.52. The quantitative estimate of drug-likeness (QED) is 0.409. The summed E-state index contributed by atoms with van der Waals surface area (Å²) < 4.78 is 24.3. The van der Waals surface area contributed by atoms with Crippen LogP contribution in [0.25, 0.3) is 0 Å². The molecule has 0 radical (unpaired) electrons. The fourth-order valence-corrected chi connectivity index (χ4v) is 4.81. The molecule has 1 aromatic carbocycles. The highest BCUT2D eigenvalue weighted by Crippen LogP contribution is 2.41. The molecule has 164 valence electrons. The molecule has 1 aromatic rings. The van der Waals surface area contributed by atoms with E-state index in [0.717, 1.165) is 0 Å². The van der Waals surface area contributed by atoms with Crippen molar-refractivity contribution in [3.05, 3.63) is 61.6 Å². The number of nitro groups is 1. The number of nitrogens with zero attached hydrogens (tertiary/aromatic N) is 1. The van der Waals surface area contributed by atoms with Gasteiger partial charge in [0.05, 0.1) is 25.5 Å². The summed E-state index contributed by atoms with van der Waals surface area (Å²) in [6, 6.07) is 3.86. The number of ketones is 1. The topological polar surface area (TPSA) is 142 Å². The number of carbonyl (C=O) groups excluding carboxylic acids is 3. The Kier molecular flexibility index (Phi) is 5.81. The lowest BCUT2D eigenvalue weighted by Gasteiger charge is -2.43. The van der Waals surface area contributed by atoms with Crippen molar-refractivity contribution in [2.75, 3.05) is 0 Å². The number of rotatable bonds is 5. The van der Waals surface area contributed by atoms with Crippen LogP contribution in [0.3, 0.4) is 0 Å². The zero-order valence-corrected chi connectivity index (χ0v) is 18.0. The summed E-state index contributed by atoms with van der Waals surface area (Å²) in [5.74, 6) is -1.51. The lowest BCUT2D eigenvalue weighted by molar-refractivity contribution is -0.384. The number of Topliss-reactive ketones (excluding diaryl/α,β-unsaturated/α-hetero) is 1. The molecule has 0 aliphatic carbocycles. The van der Waals surface area contributed by atoms with Gasteiger partial charge >= 0.3 is 5.97 Å². The van der Waals surface area contributed by atoms with Crippen LogP contribution in [-0.4, -0.2) is 44.5 Å². The van der Waals surface area contributed by atoms with Crippen molar-refractivity contribution in [2.24, 2.45) is 0 Å². The molecule has 3 unspecified atom stereocenters. The average molecular weight is 448 g/mol. The number of carbonyl (C=O) groups is 3. The number of allylic oxidation sites excluding steroid dienone is 2. The average Bonchev–Trinajstić information content (AvgIpc) is 2.99. The monoisotopic (exact) mass is 448 g/mol. The van der Waals surface area contributed by atoms with Crippen LogP contribution >= 0.6 is 0 Å². The third kappa shape index (κ3) is 4.26.